The summed E-state index contributed by atoms with van der Waals surface area (Å²) in [7, 11) is 3.22. The number of ether oxygens (including phenoxy) is 2. The van der Waals surface area contributed by atoms with Crippen LogP contribution in [-0.2, 0) is 16.1 Å². The van der Waals surface area contributed by atoms with Crippen molar-refractivity contribution in [3.8, 4) is 5.75 Å². The highest BCUT2D eigenvalue weighted by Crippen LogP contribution is 2.13. The molecule has 0 fully saturated rings. The van der Waals surface area contributed by atoms with E-state index < -0.39 is 0 Å². The Balaban J connectivity index is 2.45. The highest BCUT2D eigenvalue weighted by atomic mass is 16.5. The molecular formula is C14H23N3O3. The summed E-state index contributed by atoms with van der Waals surface area (Å²) >= 11 is 0. The molecule has 0 saturated heterocycles. The van der Waals surface area contributed by atoms with Crippen LogP contribution in [0.5, 0.6) is 5.75 Å². The molecule has 6 heteroatoms. The van der Waals surface area contributed by atoms with Gasteiger partial charge in [-0.25, -0.2) is 0 Å². The molecule has 0 aliphatic carbocycles. The predicted molar refractivity (Wildman–Crippen MR) is 76.7 cm³/mol. The van der Waals surface area contributed by atoms with E-state index in [1.807, 2.05) is 26.0 Å². The molecule has 1 heterocycles. The minimum Gasteiger partial charge on any atom is -0.497 e. The van der Waals surface area contributed by atoms with Gasteiger partial charge in [0.25, 0.3) is 0 Å². The highest BCUT2D eigenvalue weighted by Gasteiger charge is 2.12. The van der Waals surface area contributed by atoms with Gasteiger partial charge in [-0.1, -0.05) is 0 Å². The molecule has 0 aliphatic rings. The van der Waals surface area contributed by atoms with Gasteiger partial charge in [-0.15, -0.1) is 0 Å². The monoisotopic (exact) mass is 281 g/mol. The zero-order valence-electron chi connectivity index (χ0n) is 12.5. The molecular weight excluding hydrogens is 258 g/mol. The van der Waals surface area contributed by atoms with E-state index in [1.165, 1.54) is 0 Å². The standard InChI is InChI=1S/C14H23N3O3/c1-10-7-13(20-4)8-12(17-10)9-16-11(2)14(18)15-5-6-19-3/h7-8,11,16H,5-6,9H2,1-4H3,(H,15,18). The first-order valence-corrected chi connectivity index (χ1v) is 6.58. The lowest BCUT2D eigenvalue weighted by Gasteiger charge is -2.14. The second kappa shape index (κ2) is 8.50. The van der Waals surface area contributed by atoms with Crippen LogP contribution in [0.15, 0.2) is 12.1 Å². The summed E-state index contributed by atoms with van der Waals surface area (Å²) in [5, 5.41) is 5.92. The molecule has 6 nitrogen and oxygen atoms in total. The van der Waals surface area contributed by atoms with Crippen molar-refractivity contribution in [1.29, 1.82) is 0 Å². The van der Waals surface area contributed by atoms with E-state index in [2.05, 4.69) is 15.6 Å². The third-order valence-corrected chi connectivity index (χ3v) is 2.80. The fraction of sp³-hybridized carbons (Fsp3) is 0.571. The van der Waals surface area contributed by atoms with Crippen molar-refractivity contribution in [2.45, 2.75) is 26.4 Å². The molecule has 0 saturated carbocycles. The molecule has 0 aliphatic heterocycles. The Hall–Kier alpha value is -1.66. The summed E-state index contributed by atoms with van der Waals surface area (Å²) < 4.78 is 10.1. The van der Waals surface area contributed by atoms with Gasteiger partial charge in [-0.2, -0.15) is 0 Å². The van der Waals surface area contributed by atoms with Gasteiger partial charge in [0.1, 0.15) is 5.75 Å². The SMILES string of the molecule is COCCNC(=O)C(C)NCc1cc(OC)cc(C)n1. The van der Waals surface area contributed by atoms with E-state index >= 15 is 0 Å². The number of nitrogens with zero attached hydrogens (tertiary/aromatic N) is 1. The fourth-order valence-electron chi connectivity index (χ4n) is 1.69. The Kier molecular flexibility index (Phi) is 6.97. The molecule has 0 aromatic carbocycles. The normalized spacial score (nSPS) is 12.0. The number of aryl methyl sites for hydroxylation is 1. The number of carbonyl (C=O) groups excluding carboxylic acids is 1. The van der Waals surface area contributed by atoms with Crippen LogP contribution < -0.4 is 15.4 Å². The van der Waals surface area contributed by atoms with Gasteiger partial charge in [0.15, 0.2) is 0 Å². The summed E-state index contributed by atoms with van der Waals surface area (Å²) in [5.41, 5.74) is 1.73. The lowest BCUT2D eigenvalue weighted by molar-refractivity contribution is -0.122. The van der Waals surface area contributed by atoms with Crippen LogP contribution in [0.1, 0.15) is 18.3 Å². The fourth-order valence-corrected chi connectivity index (χ4v) is 1.69. The number of aromatic nitrogens is 1. The van der Waals surface area contributed by atoms with Gasteiger partial charge in [0.05, 0.1) is 25.5 Å². The molecule has 20 heavy (non-hydrogen) atoms. The van der Waals surface area contributed by atoms with Crippen LogP contribution >= 0.6 is 0 Å². The molecule has 1 unspecified atom stereocenters. The second-order valence-corrected chi connectivity index (χ2v) is 4.53. The van der Waals surface area contributed by atoms with Crippen molar-refractivity contribution in [1.82, 2.24) is 15.6 Å². The maximum absolute atomic E-state index is 11.8. The van der Waals surface area contributed by atoms with Crippen LogP contribution in [0.25, 0.3) is 0 Å². The quantitative estimate of drug-likeness (QED) is 0.684. The topological polar surface area (TPSA) is 72.5 Å². The lowest BCUT2D eigenvalue weighted by Crippen LogP contribution is -2.42. The van der Waals surface area contributed by atoms with Crippen molar-refractivity contribution in [3.63, 3.8) is 0 Å². The largest absolute Gasteiger partial charge is 0.497 e. The molecule has 1 aromatic rings. The Morgan fingerprint density at radius 3 is 2.80 bits per heavy atom. The molecule has 1 aromatic heterocycles. The number of rotatable bonds is 8. The molecule has 1 rings (SSSR count). The Labute approximate surface area is 119 Å². The molecule has 1 atom stereocenters. The summed E-state index contributed by atoms with van der Waals surface area (Å²) in [6.07, 6.45) is 0. The Morgan fingerprint density at radius 1 is 1.40 bits per heavy atom. The van der Waals surface area contributed by atoms with E-state index in [0.717, 1.165) is 17.1 Å². The van der Waals surface area contributed by atoms with E-state index in [0.29, 0.717) is 19.7 Å². The van der Waals surface area contributed by atoms with Gasteiger partial charge in [-0.05, 0) is 13.8 Å². The van der Waals surface area contributed by atoms with E-state index in [1.54, 1.807) is 14.2 Å². The molecule has 2 N–H and O–H groups in total. The Morgan fingerprint density at radius 2 is 2.15 bits per heavy atom. The third-order valence-electron chi connectivity index (χ3n) is 2.80. The maximum atomic E-state index is 11.8. The van der Waals surface area contributed by atoms with E-state index in [9.17, 15) is 4.79 Å². The minimum absolute atomic E-state index is 0.0540. The Bertz CT molecular complexity index is 438. The number of carbonyl (C=O) groups is 1. The minimum atomic E-state index is -0.292. The first-order valence-electron chi connectivity index (χ1n) is 6.58. The van der Waals surface area contributed by atoms with Crippen LogP contribution in [0.3, 0.4) is 0 Å². The first kappa shape index (κ1) is 16.4. The van der Waals surface area contributed by atoms with Crippen molar-refractivity contribution in [3.05, 3.63) is 23.5 Å². The maximum Gasteiger partial charge on any atom is 0.236 e. The van der Waals surface area contributed by atoms with Crippen LogP contribution in [-0.4, -0.2) is 44.3 Å². The van der Waals surface area contributed by atoms with Crippen molar-refractivity contribution in [2.75, 3.05) is 27.4 Å². The molecule has 0 bridgehead atoms. The number of hydrogen-bond donors (Lipinski definition) is 2. The zero-order chi connectivity index (χ0) is 15.0. The zero-order valence-corrected chi connectivity index (χ0v) is 12.5. The number of pyridine rings is 1. The van der Waals surface area contributed by atoms with Gasteiger partial charge >= 0.3 is 0 Å². The first-order chi connectivity index (χ1) is 9.56. The summed E-state index contributed by atoms with van der Waals surface area (Å²) in [6, 6.07) is 3.43. The average Bonchev–Trinajstić information content (AvgIpc) is 2.44. The number of hydrogen-bond acceptors (Lipinski definition) is 5. The molecule has 0 radical (unpaired) electrons. The summed E-state index contributed by atoms with van der Waals surface area (Å²) in [4.78, 5) is 16.1. The van der Waals surface area contributed by atoms with Crippen LogP contribution in [0.4, 0.5) is 0 Å². The predicted octanol–water partition coefficient (Wildman–Crippen LogP) is 0.639. The van der Waals surface area contributed by atoms with Crippen molar-refractivity contribution < 1.29 is 14.3 Å². The van der Waals surface area contributed by atoms with Gasteiger partial charge in [-0.3, -0.25) is 9.78 Å². The van der Waals surface area contributed by atoms with Gasteiger partial charge in [0.2, 0.25) is 5.91 Å². The van der Waals surface area contributed by atoms with Crippen LogP contribution in [0.2, 0.25) is 0 Å². The lowest BCUT2D eigenvalue weighted by atomic mass is 10.2. The molecule has 1 amide bonds. The number of methoxy groups -OCH3 is 2. The van der Waals surface area contributed by atoms with E-state index in [-0.39, 0.29) is 11.9 Å². The van der Waals surface area contributed by atoms with E-state index in [4.69, 9.17) is 9.47 Å². The third kappa shape index (κ3) is 5.54. The highest BCUT2D eigenvalue weighted by molar-refractivity contribution is 5.81. The second-order valence-electron chi connectivity index (χ2n) is 4.53. The number of amides is 1. The summed E-state index contributed by atoms with van der Waals surface area (Å²) in [6.45, 7) is 5.26. The molecule has 0 spiro atoms. The summed E-state index contributed by atoms with van der Waals surface area (Å²) in [5.74, 6) is 0.716. The van der Waals surface area contributed by atoms with Gasteiger partial charge < -0.3 is 20.1 Å². The number of nitrogens with one attached hydrogen (secondary N) is 2. The molecule has 112 valence electrons. The smallest absolute Gasteiger partial charge is 0.236 e. The van der Waals surface area contributed by atoms with Gasteiger partial charge in [0, 0.05) is 38.0 Å². The average molecular weight is 281 g/mol. The van der Waals surface area contributed by atoms with Crippen LogP contribution in [0, 0.1) is 6.92 Å². The van der Waals surface area contributed by atoms with Crippen molar-refractivity contribution >= 4 is 5.91 Å². The van der Waals surface area contributed by atoms with Crippen molar-refractivity contribution in [2.24, 2.45) is 0 Å².